The van der Waals surface area contributed by atoms with Gasteiger partial charge < -0.3 is 9.16 Å². The quantitative estimate of drug-likeness (QED) is 0.468. The molecule has 1 N–H and O–H groups in total. The van der Waals surface area contributed by atoms with E-state index in [0.717, 1.165) is 0 Å². The van der Waals surface area contributed by atoms with Gasteiger partial charge in [-0.15, -0.1) is 5.10 Å². The zero-order valence-corrected chi connectivity index (χ0v) is 15.5. The van der Waals surface area contributed by atoms with Crippen LogP contribution in [0.3, 0.4) is 0 Å². The Morgan fingerprint density at radius 2 is 1.95 bits per heavy atom. The second-order valence-electron chi connectivity index (χ2n) is 7.25. The zero-order valence-electron chi connectivity index (χ0n) is 14.5. The fourth-order valence-corrected chi connectivity index (χ4v) is 2.69. The lowest BCUT2D eigenvalue weighted by Crippen LogP contribution is -2.42. The van der Waals surface area contributed by atoms with Gasteiger partial charge in [-0.1, -0.05) is 27.7 Å². The van der Waals surface area contributed by atoms with Crippen LogP contribution >= 0.6 is 0 Å². The second kappa shape index (κ2) is 6.78. The van der Waals surface area contributed by atoms with Crippen molar-refractivity contribution < 1.29 is 14.1 Å². The molecule has 0 aliphatic rings. The van der Waals surface area contributed by atoms with Gasteiger partial charge in [-0.3, -0.25) is 15.2 Å². The molecule has 0 aliphatic heterocycles. The van der Waals surface area contributed by atoms with Crippen molar-refractivity contribution in [3.05, 3.63) is 15.8 Å². The average molecular weight is 329 g/mol. The molecular formula is C14H27N3O4Si. The minimum absolute atomic E-state index is 0.0432. The lowest BCUT2D eigenvalue weighted by atomic mass is 10.2. The molecule has 1 heterocycles. The van der Waals surface area contributed by atoms with Gasteiger partial charge in [0.1, 0.15) is 5.69 Å². The van der Waals surface area contributed by atoms with Crippen molar-refractivity contribution in [2.45, 2.75) is 52.8 Å². The summed E-state index contributed by atoms with van der Waals surface area (Å²) in [7, 11) is -1.79. The highest BCUT2D eigenvalue weighted by atomic mass is 28.4. The van der Waals surface area contributed by atoms with Crippen LogP contribution in [0.5, 0.6) is 5.88 Å². The van der Waals surface area contributed by atoms with Crippen LogP contribution in [0.2, 0.25) is 18.1 Å². The van der Waals surface area contributed by atoms with Gasteiger partial charge in [0.25, 0.3) is 0 Å². The average Bonchev–Trinajstić information content (AvgIpc) is 2.74. The maximum atomic E-state index is 11.0. The number of nitro groups is 1. The predicted molar refractivity (Wildman–Crippen MR) is 87.8 cm³/mol. The molecule has 0 aromatic carbocycles. The minimum Gasteiger partial charge on any atom is -0.471 e. The molecule has 0 aliphatic carbocycles. The molecule has 0 saturated heterocycles. The normalized spacial score (nSPS) is 14.0. The number of ether oxygens (including phenoxy) is 1. The van der Waals surface area contributed by atoms with Crippen molar-refractivity contribution in [3.8, 4) is 5.88 Å². The Morgan fingerprint density at radius 3 is 2.45 bits per heavy atom. The maximum absolute atomic E-state index is 11.0. The smallest absolute Gasteiger partial charge is 0.352 e. The molecule has 0 spiro atoms. The summed E-state index contributed by atoms with van der Waals surface area (Å²) in [5.74, 6) is 0.174. The van der Waals surface area contributed by atoms with Gasteiger partial charge in [-0.2, -0.15) is 0 Å². The van der Waals surface area contributed by atoms with E-state index in [1.54, 1.807) is 6.92 Å². The Labute approximate surface area is 132 Å². The van der Waals surface area contributed by atoms with Gasteiger partial charge in [-0.05, 0) is 25.1 Å². The summed E-state index contributed by atoms with van der Waals surface area (Å²) in [6.45, 7) is 15.5. The highest BCUT2D eigenvalue weighted by molar-refractivity contribution is 6.74. The predicted octanol–water partition coefficient (Wildman–Crippen LogP) is 3.66. The van der Waals surface area contributed by atoms with E-state index in [-0.39, 0.29) is 22.5 Å². The third-order valence-electron chi connectivity index (χ3n) is 4.10. The van der Waals surface area contributed by atoms with Gasteiger partial charge in [-0.25, -0.2) is 0 Å². The summed E-state index contributed by atoms with van der Waals surface area (Å²) in [6, 6.07) is 0. The molecule has 1 atom stereocenters. The van der Waals surface area contributed by atoms with E-state index in [9.17, 15) is 10.1 Å². The first kappa shape index (κ1) is 18.6. The minimum atomic E-state index is -1.79. The third kappa shape index (κ3) is 4.54. The number of nitrogens with one attached hydrogen (secondary N) is 1. The van der Waals surface area contributed by atoms with Crippen LogP contribution in [0.4, 0.5) is 5.69 Å². The monoisotopic (exact) mass is 329 g/mol. The number of aromatic amines is 1. The van der Waals surface area contributed by atoms with Gasteiger partial charge in [0.15, 0.2) is 8.32 Å². The van der Waals surface area contributed by atoms with Gasteiger partial charge in [0.2, 0.25) is 0 Å². The molecule has 0 bridgehead atoms. The molecule has 0 amide bonds. The van der Waals surface area contributed by atoms with Crippen molar-refractivity contribution in [3.63, 3.8) is 0 Å². The molecule has 22 heavy (non-hydrogen) atoms. The Bertz CT molecular complexity index is 523. The molecule has 0 saturated carbocycles. The molecule has 8 heteroatoms. The summed E-state index contributed by atoms with van der Waals surface area (Å²) in [5.41, 5.74) is 0.294. The molecule has 0 unspecified atom stereocenters. The first-order valence-electron chi connectivity index (χ1n) is 7.42. The number of nitrogens with zero attached hydrogens (tertiary/aromatic N) is 2. The van der Waals surface area contributed by atoms with E-state index in [4.69, 9.17) is 9.16 Å². The molecule has 1 aromatic rings. The van der Waals surface area contributed by atoms with Crippen molar-refractivity contribution in [2.24, 2.45) is 5.92 Å². The van der Waals surface area contributed by atoms with Crippen molar-refractivity contribution in [2.75, 3.05) is 13.2 Å². The molecule has 0 fully saturated rings. The second-order valence-corrected chi connectivity index (χ2v) is 12.1. The number of hydrogen-bond acceptors (Lipinski definition) is 5. The lowest BCUT2D eigenvalue weighted by Gasteiger charge is -2.36. The van der Waals surface area contributed by atoms with E-state index < -0.39 is 13.2 Å². The summed E-state index contributed by atoms with van der Waals surface area (Å²) in [4.78, 5) is 10.5. The molecular weight excluding hydrogens is 302 g/mol. The fraction of sp³-hybridized carbons (Fsp3) is 0.786. The van der Waals surface area contributed by atoms with Crippen LogP contribution in [0.1, 0.15) is 33.4 Å². The van der Waals surface area contributed by atoms with Crippen LogP contribution in [0, 0.1) is 23.0 Å². The van der Waals surface area contributed by atoms with E-state index in [1.807, 2.05) is 6.92 Å². The third-order valence-corrected chi connectivity index (χ3v) is 8.61. The summed E-state index contributed by atoms with van der Waals surface area (Å²) in [6.07, 6.45) is 0. The number of hydrogen-bond donors (Lipinski definition) is 1. The number of rotatable bonds is 7. The molecule has 1 rings (SSSR count). The SMILES string of the molecule is Cc1[nH]nc(OC[C@H](C)CO[Si](C)(C)C(C)(C)C)c1[N+](=O)[O-]. The number of aromatic nitrogens is 2. The van der Waals surface area contributed by atoms with Crippen molar-refractivity contribution in [1.29, 1.82) is 0 Å². The van der Waals surface area contributed by atoms with E-state index >= 15 is 0 Å². The Hall–Kier alpha value is -1.41. The van der Waals surface area contributed by atoms with Crippen LogP contribution in [-0.2, 0) is 4.43 Å². The van der Waals surface area contributed by atoms with Crippen LogP contribution < -0.4 is 4.74 Å². The van der Waals surface area contributed by atoms with Crippen LogP contribution in [0.15, 0.2) is 0 Å². The van der Waals surface area contributed by atoms with Gasteiger partial charge in [0.05, 0.1) is 11.5 Å². The fourth-order valence-electron chi connectivity index (χ4n) is 1.55. The highest BCUT2D eigenvalue weighted by Crippen LogP contribution is 2.36. The molecule has 1 aromatic heterocycles. The lowest BCUT2D eigenvalue weighted by molar-refractivity contribution is -0.386. The van der Waals surface area contributed by atoms with E-state index in [0.29, 0.717) is 18.9 Å². The first-order valence-corrected chi connectivity index (χ1v) is 10.3. The van der Waals surface area contributed by atoms with E-state index in [1.165, 1.54) is 0 Å². The van der Waals surface area contributed by atoms with Crippen LogP contribution in [-0.4, -0.2) is 36.7 Å². The Balaban J connectivity index is 2.54. The van der Waals surface area contributed by atoms with Gasteiger partial charge >= 0.3 is 11.6 Å². The Morgan fingerprint density at radius 1 is 1.36 bits per heavy atom. The molecule has 7 nitrogen and oxygen atoms in total. The van der Waals surface area contributed by atoms with Gasteiger partial charge in [0, 0.05) is 12.5 Å². The topological polar surface area (TPSA) is 90.3 Å². The maximum Gasteiger partial charge on any atom is 0.352 e. The van der Waals surface area contributed by atoms with E-state index in [2.05, 4.69) is 44.1 Å². The first-order chi connectivity index (χ1) is 9.95. The summed E-state index contributed by atoms with van der Waals surface area (Å²) < 4.78 is 11.6. The number of H-pyrrole nitrogens is 1. The van der Waals surface area contributed by atoms with Crippen LogP contribution in [0.25, 0.3) is 0 Å². The molecule has 126 valence electrons. The Kier molecular flexibility index (Phi) is 5.74. The standard InChI is InChI=1S/C14H27N3O4Si/c1-10(9-21-22(6,7)14(3,4)5)8-20-13-12(17(18)19)11(2)15-16-13/h10H,8-9H2,1-7H3,(H,15,16)/t10-/m0/s1. The summed E-state index contributed by atoms with van der Waals surface area (Å²) in [5, 5.41) is 17.5. The molecule has 0 radical (unpaired) electrons. The number of aryl methyl sites for hydroxylation is 1. The van der Waals surface area contributed by atoms with Crippen molar-refractivity contribution >= 4 is 14.0 Å². The largest absolute Gasteiger partial charge is 0.471 e. The van der Waals surface area contributed by atoms with Crippen molar-refractivity contribution in [1.82, 2.24) is 10.2 Å². The zero-order chi connectivity index (χ0) is 17.1. The summed E-state index contributed by atoms with van der Waals surface area (Å²) >= 11 is 0. The highest BCUT2D eigenvalue weighted by Gasteiger charge is 2.37.